The highest BCUT2D eigenvalue weighted by molar-refractivity contribution is 5.95. The van der Waals surface area contributed by atoms with Crippen molar-refractivity contribution < 1.29 is 0 Å². The van der Waals surface area contributed by atoms with Crippen molar-refractivity contribution in [2.45, 2.75) is 13.8 Å². The van der Waals surface area contributed by atoms with E-state index in [0.717, 1.165) is 39.1 Å². The number of hydrogen-bond donors (Lipinski definition) is 2. The molecule has 0 aliphatic heterocycles. The summed E-state index contributed by atoms with van der Waals surface area (Å²) in [6.07, 6.45) is 8.99. The number of allylic oxidation sites excluding steroid dienone is 2. The van der Waals surface area contributed by atoms with Gasteiger partial charge in [-0.05, 0) is 43.0 Å². The average Bonchev–Trinajstić information content (AvgIpc) is 2.61. The van der Waals surface area contributed by atoms with Crippen molar-refractivity contribution in [1.29, 1.82) is 0 Å². The van der Waals surface area contributed by atoms with Gasteiger partial charge in [-0.1, -0.05) is 6.08 Å². The van der Waals surface area contributed by atoms with Crippen molar-refractivity contribution >= 4 is 28.6 Å². The molecule has 3 heterocycles. The summed E-state index contributed by atoms with van der Waals surface area (Å²) >= 11 is 0. The molecule has 3 N–H and O–H groups in total. The Kier molecular flexibility index (Phi) is 4.70. The fourth-order valence-electron chi connectivity index (χ4n) is 2.58. The number of anilines is 2. The van der Waals surface area contributed by atoms with Crippen molar-refractivity contribution in [2.24, 2.45) is 4.99 Å². The van der Waals surface area contributed by atoms with Crippen molar-refractivity contribution in [3.05, 3.63) is 54.1 Å². The molecule has 0 fully saturated rings. The Hall–Kier alpha value is -3.28. The first-order valence-corrected chi connectivity index (χ1v) is 7.95. The molecule has 0 aliphatic rings. The maximum absolute atomic E-state index is 6.15. The maximum Gasteiger partial charge on any atom is 0.133 e. The Balaban J connectivity index is 2.08. The second kappa shape index (κ2) is 7.09. The molecule has 3 aromatic heterocycles. The molecular formula is C19H20N6. The minimum absolute atomic E-state index is 0.455. The fourth-order valence-corrected chi connectivity index (χ4v) is 2.58. The third-order valence-corrected chi connectivity index (χ3v) is 3.91. The molecule has 6 nitrogen and oxygen atoms in total. The van der Waals surface area contributed by atoms with Crippen LogP contribution < -0.4 is 11.1 Å². The van der Waals surface area contributed by atoms with Crippen molar-refractivity contribution in [2.75, 3.05) is 18.1 Å². The van der Waals surface area contributed by atoms with Gasteiger partial charge in [-0.3, -0.25) is 9.98 Å². The van der Waals surface area contributed by atoms with E-state index in [2.05, 4.69) is 25.3 Å². The van der Waals surface area contributed by atoms with Crippen LogP contribution in [0.15, 0.2) is 53.6 Å². The molecule has 25 heavy (non-hydrogen) atoms. The zero-order valence-corrected chi connectivity index (χ0v) is 14.5. The molecule has 0 bridgehead atoms. The highest BCUT2D eigenvalue weighted by atomic mass is 15.0. The van der Waals surface area contributed by atoms with Gasteiger partial charge >= 0.3 is 0 Å². The van der Waals surface area contributed by atoms with Crippen molar-refractivity contribution in [3.8, 4) is 11.3 Å². The molecule has 6 heteroatoms. The molecule has 0 atom stereocenters. The lowest BCUT2D eigenvalue weighted by atomic mass is 10.1. The summed E-state index contributed by atoms with van der Waals surface area (Å²) in [6, 6.07) is 5.92. The quantitative estimate of drug-likeness (QED) is 0.713. The normalized spacial score (nSPS) is 12.0. The van der Waals surface area contributed by atoms with Crippen LogP contribution in [0.1, 0.15) is 12.5 Å². The third kappa shape index (κ3) is 3.47. The summed E-state index contributed by atoms with van der Waals surface area (Å²) in [5, 5.41) is 5.03. The number of nitrogens with zero attached hydrogens (tertiary/aromatic N) is 4. The summed E-state index contributed by atoms with van der Waals surface area (Å²) in [4.78, 5) is 17.1. The molecule has 0 amide bonds. The molecule has 0 aliphatic carbocycles. The zero-order valence-electron chi connectivity index (χ0n) is 14.5. The first-order valence-electron chi connectivity index (χ1n) is 7.95. The van der Waals surface area contributed by atoms with Gasteiger partial charge in [-0.25, -0.2) is 9.97 Å². The first kappa shape index (κ1) is 16.6. The monoisotopic (exact) mass is 332 g/mol. The number of nitrogens with two attached hydrogens (primary N) is 1. The number of aryl methyl sites for hydroxylation is 1. The van der Waals surface area contributed by atoms with E-state index in [1.807, 2.05) is 38.1 Å². The lowest BCUT2D eigenvalue weighted by Crippen LogP contribution is -2.03. The van der Waals surface area contributed by atoms with Gasteiger partial charge in [-0.15, -0.1) is 0 Å². The lowest BCUT2D eigenvalue weighted by molar-refractivity contribution is 1.25. The van der Waals surface area contributed by atoms with Crippen LogP contribution in [-0.2, 0) is 0 Å². The second-order valence-corrected chi connectivity index (χ2v) is 5.63. The number of nitrogens with one attached hydrogen (secondary N) is 1. The standard InChI is InChI=1S/C19H20N6/c1-4-14(9-21-3)24-18-8-13-7-17(15-10-22-6-5-12(15)2)25-19(20)16(13)11-23-18/h4-11H,1-3H3,(H2,20,25)(H,23,24)/b14-4+,21-9?. The summed E-state index contributed by atoms with van der Waals surface area (Å²) in [5.41, 5.74) is 9.89. The summed E-state index contributed by atoms with van der Waals surface area (Å²) in [6.45, 7) is 3.97. The maximum atomic E-state index is 6.15. The topological polar surface area (TPSA) is 89.1 Å². The Morgan fingerprint density at radius 3 is 2.84 bits per heavy atom. The molecule has 0 saturated carbocycles. The van der Waals surface area contributed by atoms with E-state index in [4.69, 9.17) is 5.73 Å². The highest BCUT2D eigenvalue weighted by Gasteiger charge is 2.09. The van der Waals surface area contributed by atoms with Crippen LogP contribution >= 0.6 is 0 Å². The molecule has 0 spiro atoms. The van der Waals surface area contributed by atoms with Gasteiger partial charge in [0.2, 0.25) is 0 Å². The predicted octanol–water partition coefficient (Wildman–Crippen LogP) is 3.60. The molecule has 3 aromatic rings. The number of aliphatic imine (C=N–C) groups is 1. The summed E-state index contributed by atoms with van der Waals surface area (Å²) in [7, 11) is 1.73. The van der Waals surface area contributed by atoms with E-state index >= 15 is 0 Å². The molecule has 126 valence electrons. The Labute approximate surface area is 146 Å². The van der Waals surface area contributed by atoms with Gasteiger partial charge < -0.3 is 11.1 Å². The van der Waals surface area contributed by atoms with Crippen LogP contribution in [0.2, 0.25) is 0 Å². The number of fused-ring (bicyclic) bond motifs is 1. The number of pyridine rings is 3. The number of aromatic nitrogens is 3. The van der Waals surface area contributed by atoms with Crippen LogP contribution in [0.4, 0.5) is 11.6 Å². The lowest BCUT2D eigenvalue weighted by Gasteiger charge is -2.10. The van der Waals surface area contributed by atoms with E-state index in [-0.39, 0.29) is 0 Å². The van der Waals surface area contributed by atoms with Crippen LogP contribution in [0, 0.1) is 6.92 Å². The molecule has 0 unspecified atom stereocenters. The molecular weight excluding hydrogens is 312 g/mol. The first-order chi connectivity index (χ1) is 12.1. The minimum atomic E-state index is 0.455. The van der Waals surface area contributed by atoms with E-state index < -0.39 is 0 Å². The Morgan fingerprint density at radius 1 is 1.28 bits per heavy atom. The van der Waals surface area contributed by atoms with Gasteiger partial charge in [0.1, 0.15) is 11.6 Å². The van der Waals surface area contributed by atoms with Crippen LogP contribution in [-0.4, -0.2) is 28.2 Å². The SMILES string of the molecule is C/C=C(\C=NC)Nc1cc2cc(-c3cnccc3C)nc(N)c2cn1. The fraction of sp³-hybridized carbons (Fsp3) is 0.158. The van der Waals surface area contributed by atoms with Gasteiger partial charge in [0, 0.05) is 42.8 Å². The minimum Gasteiger partial charge on any atom is -0.383 e. The van der Waals surface area contributed by atoms with Gasteiger partial charge in [-0.2, -0.15) is 0 Å². The average molecular weight is 332 g/mol. The third-order valence-electron chi connectivity index (χ3n) is 3.91. The number of rotatable bonds is 4. The van der Waals surface area contributed by atoms with Crippen LogP contribution in [0.5, 0.6) is 0 Å². The second-order valence-electron chi connectivity index (χ2n) is 5.63. The smallest absolute Gasteiger partial charge is 0.133 e. The molecule has 0 saturated heterocycles. The van der Waals surface area contributed by atoms with E-state index in [0.29, 0.717) is 5.82 Å². The highest BCUT2D eigenvalue weighted by Crippen LogP contribution is 2.28. The molecule has 3 rings (SSSR count). The summed E-state index contributed by atoms with van der Waals surface area (Å²) in [5.74, 6) is 1.18. The van der Waals surface area contributed by atoms with Gasteiger partial charge in [0.15, 0.2) is 0 Å². The van der Waals surface area contributed by atoms with Gasteiger partial charge in [0.25, 0.3) is 0 Å². The Bertz CT molecular complexity index is 975. The Morgan fingerprint density at radius 2 is 2.12 bits per heavy atom. The van der Waals surface area contributed by atoms with E-state index in [9.17, 15) is 0 Å². The summed E-state index contributed by atoms with van der Waals surface area (Å²) < 4.78 is 0. The largest absolute Gasteiger partial charge is 0.383 e. The number of hydrogen-bond acceptors (Lipinski definition) is 6. The van der Waals surface area contributed by atoms with Crippen molar-refractivity contribution in [1.82, 2.24) is 15.0 Å². The van der Waals surface area contributed by atoms with E-state index in [1.54, 1.807) is 31.9 Å². The van der Waals surface area contributed by atoms with Gasteiger partial charge in [0.05, 0.1) is 11.4 Å². The molecule has 0 radical (unpaired) electrons. The van der Waals surface area contributed by atoms with Crippen LogP contribution in [0.25, 0.3) is 22.0 Å². The van der Waals surface area contributed by atoms with Crippen molar-refractivity contribution in [3.63, 3.8) is 0 Å². The predicted molar refractivity (Wildman–Crippen MR) is 104 cm³/mol. The number of nitrogen functional groups attached to an aromatic ring is 1. The van der Waals surface area contributed by atoms with Crippen LogP contribution in [0.3, 0.4) is 0 Å². The zero-order chi connectivity index (χ0) is 17.8. The molecule has 0 aromatic carbocycles. The van der Waals surface area contributed by atoms with E-state index in [1.165, 1.54) is 0 Å².